The van der Waals surface area contributed by atoms with E-state index >= 15 is 0 Å². The smallest absolute Gasteiger partial charge is 0.247 e. The molecule has 0 bridgehead atoms. The zero-order valence-electron chi connectivity index (χ0n) is 11.7. The van der Waals surface area contributed by atoms with Gasteiger partial charge in [-0.1, -0.05) is 18.2 Å². The van der Waals surface area contributed by atoms with Crippen LogP contribution in [0.4, 0.5) is 0 Å². The summed E-state index contributed by atoms with van der Waals surface area (Å²) in [6, 6.07) is 10.4. The largest absolute Gasteiger partial charge is 0.419 e. The molecule has 2 N–H and O–H groups in total. The van der Waals surface area contributed by atoms with Gasteiger partial charge in [-0.2, -0.15) is 0 Å². The monoisotopic (exact) mass is 272 g/mol. The van der Waals surface area contributed by atoms with E-state index in [0.29, 0.717) is 30.3 Å². The van der Waals surface area contributed by atoms with Crippen molar-refractivity contribution in [1.29, 1.82) is 0 Å². The molecule has 0 amide bonds. The third kappa shape index (κ3) is 2.73. The Kier molecular flexibility index (Phi) is 3.80. The van der Waals surface area contributed by atoms with Gasteiger partial charge in [-0.05, 0) is 37.9 Å². The predicted molar refractivity (Wildman–Crippen MR) is 76.8 cm³/mol. The third-order valence-corrected chi connectivity index (χ3v) is 3.95. The summed E-state index contributed by atoms with van der Waals surface area (Å²) >= 11 is 0. The van der Waals surface area contributed by atoms with Crippen LogP contribution < -0.4 is 5.73 Å². The molecule has 20 heavy (non-hydrogen) atoms. The molecule has 2 aromatic rings. The van der Waals surface area contributed by atoms with Gasteiger partial charge in [0.25, 0.3) is 0 Å². The van der Waals surface area contributed by atoms with E-state index in [1.54, 1.807) is 0 Å². The van der Waals surface area contributed by atoms with Crippen molar-refractivity contribution >= 4 is 0 Å². The summed E-state index contributed by atoms with van der Waals surface area (Å²) in [6.07, 6.45) is 1.15. The molecule has 5 nitrogen and oxygen atoms in total. The van der Waals surface area contributed by atoms with E-state index in [0.717, 1.165) is 25.1 Å². The lowest BCUT2D eigenvalue weighted by Gasteiger charge is -2.18. The summed E-state index contributed by atoms with van der Waals surface area (Å²) in [5.41, 5.74) is 6.71. The fourth-order valence-corrected chi connectivity index (χ4v) is 2.80. The van der Waals surface area contributed by atoms with E-state index in [2.05, 4.69) is 22.0 Å². The molecule has 1 fully saturated rings. The maximum atomic E-state index is 5.75. The van der Waals surface area contributed by atoms with Crippen molar-refractivity contribution in [2.24, 2.45) is 11.7 Å². The average molecular weight is 272 g/mol. The van der Waals surface area contributed by atoms with Gasteiger partial charge in [-0.3, -0.25) is 4.90 Å². The van der Waals surface area contributed by atoms with Crippen molar-refractivity contribution in [1.82, 2.24) is 15.1 Å². The van der Waals surface area contributed by atoms with Gasteiger partial charge in [0.1, 0.15) is 0 Å². The highest BCUT2D eigenvalue weighted by molar-refractivity contribution is 5.51. The lowest BCUT2D eigenvalue weighted by Crippen LogP contribution is -2.27. The van der Waals surface area contributed by atoms with E-state index in [9.17, 15) is 0 Å². The Morgan fingerprint density at radius 3 is 2.80 bits per heavy atom. The molecule has 2 atom stereocenters. The summed E-state index contributed by atoms with van der Waals surface area (Å²) < 4.78 is 5.75. The minimum absolute atomic E-state index is 0.524. The Hall–Kier alpha value is -1.72. The number of nitrogens with two attached hydrogens (primary N) is 1. The molecule has 0 saturated carbocycles. The average Bonchev–Trinajstić information content (AvgIpc) is 3.08. The van der Waals surface area contributed by atoms with E-state index in [1.165, 1.54) is 0 Å². The molecule has 3 rings (SSSR count). The second kappa shape index (κ2) is 5.73. The Morgan fingerprint density at radius 1 is 1.30 bits per heavy atom. The lowest BCUT2D eigenvalue weighted by atomic mass is 10.1. The fourth-order valence-electron chi connectivity index (χ4n) is 2.80. The quantitative estimate of drug-likeness (QED) is 0.920. The minimum atomic E-state index is 0.524. The molecule has 2 heterocycles. The molecule has 0 aliphatic carbocycles. The second-order valence-electron chi connectivity index (χ2n) is 5.48. The molecule has 1 aromatic carbocycles. The SMILES string of the molecule is CC1CC(CN)CN1Cc1nnc(-c2ccccc2)o1. The van der Waals surface area contributed by atoms with Gasteiger partial charge >= 0.3 is 0 Å². The van der Waals surface area contributed by atoms with Crippen molar-refractivity contribution in [2.75, 3.05) is 13.1 Å². The third-order valence-electron chi connectivity index (χ3n) is 3.95. The molecule has 106 valence electrons. The van der Waals surface area contributed by atoms with E-state index in [1.807, 2.05) is 30.3 Å². The number of nitrogens with zero attached hydrogens (tertiary/aromatic N) is 3. The molecule has 1 aliphatic heterocycles. The van der Waals surface area contributed by atoms with Gasteiger partial charge in [-0.25, -0.2) is 0 Å². The van der Waals surface area contributed by atoms with Gasteiger partial charge < -0.3 is 10.2 Å². The van der Waals surface area contributed by atoms with Crippen molar-refractivity contribution in [2.45, 2.75) is 25.9 Å². The topological polar surface area (TPSA) is 68.2 Å². The molecule has 5 heteroatoms. The number of aromatic nitrogens is 2. The molecule has 1 saturated heterocycles. The van der Waals surface area contributed by atoms with Gasteiger partial charge in [-0.15, -0.1) is 10.2 Å². The van der Waals surface area contributed by atoms with Crippen molar-refractivity contribution in [3.05, 3.63) is 36.2 Å². The van der Waals surface area contributed by atoms with Crippen LogP contribution >= 0.6 is 0 Å². The van der Waals surface area contributed by atoms with E-state index in [4.69, 9.17) is 10.2 Å². The number of hydrogen-bond donors (Lipinski definition) is 1. The van der Waals surface area contributed by atoms with Crippen LogP contribution in [0.1, 0.15) is 19.2 Å². The van der Waals surface area contributed by atoms with Crippen molar-refractivity contribution < 1.29 is 4.42 Å². The van der Waals surface area contributed by atoms with E-state index in [-0.39, 0.29) is 0 Å². The summed E-state index contributed by atoms with van der Waals surface area (Å²) in [5.74, 6) is 1.85. The van der Waals surface area contributed by atoms with Crippen LogP contribution in [0.25, 0.3) is 11.5 Å². The Bertz CT molecular complexity index is 554. The van der Waals surface area contributed by atoms with Crippen LogP contribution in [-0.4, -0.2) is 34.2 Å². The van der Waals surface area contributed by atoms with Crippen LogP contribution in [0.3, 0.4) is 0 Å². The molecule has 0 radical (unpaired) electrons. The lowest BCUT2D eigenvalue weighted by molar-refractivity contribution is 0.230. The van der Waals surface area contributed by atoms with Crippen LogP contribution in [0.15, 0.2) is 34.7 Å². The summed E-state index contributed by atoms with van der Waals surface area (Å²) in [4.78, 5) is 2.36. The Labute approximate surface area is 118 Å². The number of rotatable bonds is 4. The van der Waals surface area contributed by atoms with Gasteiger partial charge in [0.2, 0.25) is 11.8 Å². The van der Waals surface area contributed by atoms with Crippen molar-refractivity contribution in [3.8, 4) is 11.5 Å². The standard InChI is InChI=1S/C15H20N4O/c1-11-7-12(8-16)9-19(11)10-14-17-18-15(20-14)13-5-3-2-4-6-13/h2-6,11-12H,7-10,16H2,1H3. The first kappa shape index (κ1) is 13.3. The predicted octanol–water partition coefficient (Wildman–Crippen LogP) is 1.91. The fraction of sp³-hybridized carbons (Fsp3) is 0.467. The highest BCUT2D eigenvalue weighted by Crippen LogP contribution is 2.24. The number of hydrogen-bond acceptors (Lipinski definition) is 5. The van der Waals surface area contributed by atoms with Crippen LogP contribution in [0, 0.1) is 5.92 Å². The number of benzene rings is 1. The minimum Gasteiger partial charge on any atom is -0.419 e. The van der Waals surface area contributed by atoms with Crippen LogP contribution in [-0.2, 0) is 6.54 Å². The first-order valence-electron chi connectivity index (χ1n) is 7.08. The highest BCUT2D eigenvalue weighted by atomic mass is 16.4. The molecule has 1 aliphatic rings. The number of likely N-dealkylation sites (tertiary alicyclic amines) is 1. The summed E-state index contributed by atoms with van der Waals surface area (Å²) in [7, 11) is 0. The molecule has 1 aromatic heterocycles. The first-order valence-corrected chi connectivity index (χ1v) is 7.08. The second-order valence-corrected chi connectivity index (χ2v) is 5.48. The Morgan fingerprint density at radius 2 is 2.10 bits per heavy atom. The van der Waals surface area contributed by atoms with Gasteiger partial charge in [0.15, 0.2) is 0 Å². The van der Waals surface area contributed by atoms with E-state index < -0.39 is 0 Å². The van der Waals surface area contributed by atoms with Gasteiger partial charge in [0, 0.05) is 18.2 Å². The molecular formula is C15H20N4O. The van der Waals surface area contributed by atoms with Crippen LogP contribution in [0.2, 0.25) is 0 Å². The van der Waals surface area contributed by atoms with Crippen LogP contribution in [0.5, 0.6) is 0 Å². The molecule has 2 unspecified atom stereocenters. The summed E-state index contributed by atoms with van der Waals surface area (Å²) in [5, 5.41) is 8.28. The molecule has 0 spiro atoms. The highest BCUT2D eigenvalue weighted by Gasteiger charge is 2.29. The summed E-state index contributed by atoms with van der Waals surface area (Å²) in [6.45, 7) is 4.70. The maximum absolute atomic E-state index is 5.75. The zero-order chi connectivity index (χ0) is 13.9. The zero-order valence-corrected chi connectivity index (χ0v) is 11.7. The maximum Gasteiger partial charge on any atom is 0.247 e. The molecular weight excluding hydrogens is 252 g/mol. The first-order chi connectivity index (χ1) is 9.76. The Balaban J connectivity index is 1.69. The van der Waals surface area contributed by atoms with Gasteiger partial charge in [0.05, 0.1) is 6.54 Å². The normalized spacial score (nSPS) is 23.3. The van der Waals surface area contributed by atoms with Crippen molar-refractivity contribution in [3.63, 3.8) is 0 Å².